The van der Waals surface area contributed by atoms with E-state index in [9.17, 15) is 9.59 Å². The van der Waals surface area contributed by atoms with Gasteiger partial charge in [0, 0.05) is 11.8 Å². The number of fused-ring (bicyclic) bond motifs is 1. The van der Waals surface area contributed by atoms with E-state index in [1.807, 2.05) is 6.26 Å². The van der Waals surface area contributed by atoms with Gasteiger partial charge in [-0.15, -0.1) is 11.3 Å². The summed E-state index contributed by atoms with van der Waals surface area (Å²) in [5, 5.41) is 0. The number of thioether (sulfide) groups is 1. The third kappa shape index (κ3) is 4.26. The zero-order valence-electron chi connectivity index (χ0n) is 13.8. The van der Waals surface area contributed by atoms with E-state index in [4.69, 9.17) is 9.47 Å². The fourth-order valence-corrected chi connectivity index (χ4v) is 3.53. The molecule has 0 aliphatic heterocycles. The van der Waals surface area contributed by atoms with Gasteiger partial charge in [0.05, 0.1) is 17.7 Å². The first-order chi connectivity index (χ1) is 10.7. The molecule has 2 heterocycles. The molecule has 0 aromatic carbocycles. The number of ether oxygens (including phenoxy) is 2. The van der Waals surface area contributed by atoms with Gasteiger partial charge in [0.2, 0.25) is 0 Å². The second-order valence-corrected chi connectivity index (χ2v) is 7.88. The van der Waals surface area contributed by atoms with Crippen LogP contribution >= 0.6 is 23.1 Å². The second kappa shape index (κ2) is 6.92. The van der Waals surface area contributed by atoms with E-state index in [0.717, 1.165) is 14.6 Å². The summed E-state index contributed by atoms with van der Waals surface area (Å²) in [6.45, 7) is 7.50. The molecule has 0 amide bonds. The van der Waals surface area contributed by atoms with Gasteiger partial charge in [0.1, 0.15) is 5.60 Å². The van der Waals surface area contributed by atoms with Gasteiger partial charge in [0.15, 0.2) is 9.99 Å². The molecule has 0 atom stereocenters. The maximum absolute atomic E-state index is 12.4. The smallest absolute Gasteiger partial charge is 0.420 e. The van der Waals surface area contributed by atoms with Gasteiger partial charge in [-0.05, 0) is 34.0 Å². The summed E-state index contributed by atoms with van der Waals surface area (Å²) in [5.41, 5.74) is 0.642. The molecule has 0 fully saturated rings. The van der Waals surface area contributed by atoms with E-state index in [1.54, 1.807) is 33.9 Å². The van der Waals surface area contributed by atoms with Gasteiger partial charge in [0.25, 0.3) is 0 Å². The molecular weight excluding hydrogens is 336 g/mol. The molecule has 0 radical (unpaired) electrons. The zero-order valence-corrected chi connectivity index (χ0v) is 15.5. The average molecular weight is 356 g/mol. The molecule has 6 nitrogen and oxygen atoms in total. The van der Waals surface area contributed by atoms with Crippen LogP contribution in [0.15, 0.2) is 10.5 Å². The molecule has 0 aliphatic rings. The van der Waals surface area contributed by atoms with E-state index in [2.05, 4.69) is 4.98 Å². The van der Waals surface area contributed by atoms with Gasteiger partial charge in [-0.25, -0.2) is 14.3 Å². The molecular formula is C15H20N2O4S2. The van der Waals surface area contributed by atoms with Crippen molar-refractivity contribution in [2.75, 3.05) is 12.9 Å². The van der Waals surface area contributed by atoms with Crippen LogP contribution in [-0.2, 0) is 20.7 Å². The first-order valence-corrected chi connectivity index (χ1v) is 9.23. The lowest BCUT2D eigenvalue weighted by molar-refractivity contribution is -0.142. The van der Waals surface area contributed by atoms with Gasteiger partial charge in [-0.2, -0.15) is 0 Å². The molecule has 2 aromatic rings. The van der Waals surface area contributed by atoms with Crippen LogP contribution < -0.4 is 0 Å². The zero-order chi connectivity index (χ0) is 17.2. The van der Waals surface area contributed by atoms with Crippen LogP contribution in [-0.4, -0.2) is 40.1 Å². The first-order valence-electron chi connectivity index (χ1n) is 7.19. The average Bonchev–Trinajstić information content (AvgIpc) is 2.97. The largest absolute Gasteiger partial charge is 0.466 e. The van der Waals surface area contributed by atoms with Crippen LogP contribution in [0.1, 0.15) is 33.3 Å². The monoisotopic (exact) mass is 356 g/mol. The van der Waals surface area contributed by atoms with Crippen molar-refractivity contribution in [2.24, 2.45) is 0 Å². The van der Waals surface area contributed by atoms with Crippen LogP contribution in [0, 0.1) is 0 Å². The molecule has 23 heavy (non-hydrogen) atoms. The third-order valence-electron chi connectivity index (χ3n) is 2.80. The standard InChI is InChI=1S/C15H20N2O4S2/c1-6-20-10(18)7-9-8-17(14(19)21-15(2,3)4)12-11(9)23-13(16-12)22-5/h8H,6-7H2,1-5H3. The number of carbonyl (C=O) groups excluding carboxylic acids is 2. The lowest BCUT2D eigenvalue weighted by Gasteiger charge is -2.19. The summed E-state index contributed by atoms with van der Waals surface area (Å²) in [7, 11) is 0. The van der Waals surface area contributed by atoms with Crippen LogP contribution in [0.4, 0.5) is 4.79 Å². The fourth-order valence-electron chi connectivity index (χ4n) is 1.97. The molecule has 0 saturated heterocycles. The third-order valence-corrected chi connectivity index (χ3v) is 4.90. The number of aromatic nitrogens is 2. The van der Waals surface area contributed by atoms with Gasteiger partial charge >= 0.3 is 12.1 Å². The number of carbonyl (C=O) groups is 2. The maximum atomic E-state index is 12.4. The summed E-state index contributed by atoms with van der Waals surface area (Å²) in [6.07, 6.45) is 3.13. The predicted octanol–water partition coefficient (Wildman–Crippen LogP) is 3.71. The topological polar surface area (TPSA) is 70.4 Å². The number of hydrogen-bond acceptors (Lipinski definition) is 7. The molecule has 0 N–H and O–H groups in total. The van der Waals surface area contributed by atoms with E-state index >= 15 is 0 Å². The summed E-state index contributed by atoms with van der Waals surface area (Å²) >= 11 is 2.95. The summed E-state index contributed by atoms with van der Waals surface area (Å²) < 4.78 is 13.4. The Hall–Kier alpha value is -1.54. The minimum Gasteiger partial charge on any atom is -0.466 e. The lowest BCUT2D eigenvalue weighted by atomic mass is 10.2. The predicted molar refractivity (Wildman–Crippen MR) is 91.4 cm³/mol. The summed E-state index contributed by atoms with van der Waals surface area (Å²) in [5.74, 6) is -0.324. The Labute approximate surface area is 143 Å². The van der Waals surface area contributed by atoms with Gasteiger partial charge < -0.3 is 9.47 Å². The maximum Gasteiger partial charge on any atom is 0.420 e. The minimum atomic E-state index is -0.604. The second-order valence-electron chi connectivity index (χ2n) is 5.82. The van der Waals surface area contributed by atoms with E-state index in [0.29, 0.717) is 12.3 Å². The first kappa shape index (κ1) is 17.8. The lowest BCUT2D eigenvalue weighted by Crippen LogP contribution is -2.26. The summed E-state index contributed by atoms with van der Waals surface area (Å²) in [6, 6.07) is 0. The van der Waals surface area contributed by atoms with Crippen molar-refractivity contribution in [3.63, 3.8) is 0 Å². The minimum absolute atomic E-state index is 0.107. The van der Waals surface area contributed by atoms with Crippen LogP contribution in [0.3, 0.4) is 0 Å². The molecule has 0 bridgehead atoms. The Morgan fingerprint density at radius 2 is 2.09 bits per heavy atom. The van der Waals surface area contributed by atoms with Crippen LogP contribution in [0.5, 0.6) is 0 Å². The van der Waals surface area contributed by atoms with Crippen molar-refractivity contribution in [3.8, 4) is 0 Å². The van der Waals surface area contributed by atoms with Crippen LogP contribution in [0.2, 0.25) is 0 Å². The molecule has 0 saturated carbocycles. The number of thiazole rings is 1. The Kier molecular flexibility index (Phi) is 5.36. The number of hydrogen-bond donors (Lipinski definition) is 0. The quantitative estimate of drug-likeness (QED) is 0.614. The molecule has 0 unspecified atom stereocenters. The highest BCUT2D eigenvalue weighted by atomic mass is 32.2. The summed E-state index contributed by atoms with van der Waals surface area (Å²) in [4.78, 5) is 28.6. The Morgan fingerprint density at radius 1 is 1.39 bits per heavy atom. The molecule has 2 aromatic heterocycles. The molecule has 0 aliphatic carbocycles. The van der Waals surface area contributed by atoms with Crippen molar-refractivity contribution >= 4 is 45.5 Å². The van der Waals surface area contributed by atoms with Gasteiger partial charge in [-0.3, -0.25) is 4.79 Å². The molecule has 126 valence electrons. The Morgan fingerprint density at radius 3 is 2.65 bits per heavy atom. The normalized spacial score (nSPS) is 11.7. The van der Waals surface area contributed by atoms with Crippen molar-refractivity contribution in [2.45, 2.75) is 44.1 Å². The van der Waals surface area contributed by atoms with E-state index < -0.39 is 11.7 Å². The van der Waals surface area contributed by atoms with Crippen molar-refractivity contribution in [1.82, 2.24) is 9.55 Å². The highest BCUT2D eigenvalue weighted by Crippen LogP contribution is 2.33. The van der Waals surface area contributed by atoms with Crippen LogP contribution in [0.25, 0.3) is 10.3 Å². The van der Waals surface area contributed by atoms with Gasteiger partial charge in [-0.1, -0.05) is 11.8 Å². The highest BCUT2D eigenvalue weighted by Gasteiger charge is 2.24. The number of rotatable bonds is 4. The number of nitrogens with zero attached hydrogens (tertiary/aromatic N) is 2. The Bertz CT molecular complexity index is 728. The molecule has 0 spiro atoms. The Balaban J connectivity index is 2.42. The number of esters is 1. The van der Waals surface area contributed by atoms with Crippen molar-refractivity contribution in [3.05, 3.63) is 11.8 Å². The van der Waals surface area contributed by atoms with Crippen molar-refractivity contribution in [1.29, 1.82) is 0 Å². The van der Waals surface area contributed by atoms with Crippen molar-refractivity contribution < 1.29 is 19.1 Å². The van der Waals surface area contributed by atoms with E-state index in [-0.39, 0.29) is 12.4 Å². The molecule has 8 heteroatoms. The fraction of sp³-hybridized carbons (Fsp3) is 0.533. The molecule has 2 rings (SSSR count). The SMILES string of the molecule is CCOC(=O)Cc1cn(C(=O)OC(C)(C)C)c2nc(SC)sc12. The highest BCUT2D eigenvalue weighted by molar-refractivity contribution is 8.00. The van der Waals surface area contributed by atoms with E-state index in [1.165, 1.54) is 27.7 Å².